The highest BCUT2D eigenvalue weighted by atomic mass is 16.5. The molecule has 4 heteroatoms. The van der Waals surface area contributed by atoms with E-state index in [2.05, 4.69) is 34.3 Å². The van der Waals surface area contributed by atoms with Gasteiger partial charge in [0.05, 0.1) is 5.41 Å². The Balaban J connectivity index is 2.24. The summed E-state index contributed by atoms with van der Waals surface area (Å²) < 4.78 is 10.8. The Morgan fingerprint density at radius 1 is 0.677 bits per heavy atom. The van der Waals surface area contributed by atoms with E-state index >= 15 is 0 Å². The van der Waals surface area contributed by atoms with E-state index in [0.29, 0.717) is 17.1 Å². The van der Waals surface area contributed by atoms with Crippen LogP contribution in [0.15, 0.2) is 60.7 Å². The summed E-state index contributed by atoms with van der Waals surface area (Å²) in [6.07, 6.45) is 0. The van der Waals surface area contributed by atoms with Crippen molar-refractivity contribution in [1.29, 1.82) is 0 Å². The Kier molecular flexibility index (Phi) is 6.84. The summed E-state index contributed by atoms with van der Waals surface area (Å²) in [5.41, 5.74) is 1.61. The first kappa shape index (κ1) is 24.4. The van der Waals surface area contributed by atoms with Crippen LogP contribution in [0.5, 0.6) is 11.5 Å². The summed E-state index contributed by atoms with van der Waals surface area (Å²) in [7, 11) is 0. The molecule has 31 heavy (non-hydrogen) atoms. The molecule has 0 aromatic heterocycles. The molecular formula is C27H34O4. The fourth-order valence-corrected chi connectivity index (χ4v) is 3.06. The van der Waals surface area contributed by atoms with Gasteiger partial charge in [-0.15, -0.1) is 0 Å². The van der Waals surface area contributed by atoms with E-state index in [1.165, 1.54) is 0 Å². The van der Waals surface area contributed by atoms with Crippen molar-refractivity contribution in [3.63, 3.8) is 0 Å². The maximum atomic E-state index is 12.1. The fourth-order valence-electron chi connectivity index (χ4n) is 3.06. The van der Waals surface area contributed by atoms with Crippen LogP contribution in [0, 0.1) is 5.41 Å². The van der Waals surface area contributed by atoms with Gasteiger partial charge in [0.15, 0.2) is 0 Å². The van der Waals surface area contributed by atoms with Crippen LogP contribution in [0.25, 0.3) is 0 Å². The first-order valence-electron chi connectivity index (χ1n) is 10.5. The molecular weight excluding hydrogens is 388 g/mol. The van der Waals surface area contributed by atoms with Gasteiger partial charge in [-0.25, -0.2) is 4.79 Å². The minimum atomic E-state index is -0.551. The van der Waals surface area contributed by atoms with Crippen molar-refractivity contribution < 1.29 is 19.1 Å². The van der Waals surface area contributed by atoms with Crippen molar-refractivity contribution in [3.05, 3.63) is 71.8 Å². The van der Waals surface area contributed by atoms with E-state index < -0.39 is 11.4 Å². The largest absolute Gasteiger partial charge is 0.426 e. The van der Waals surface area contributed by atoms with E-state index in [9.17, 15) is 9.59 Å². The molecule has 0 amide bonds. The molecule has 0 atom stereocenters. The fraction of sp³-hybridized carbons (Fsp3) is 0.407. The second-order valence-corrected chi connectivity index (χ2v) is 10.1. The zero-order valence-corrected chi connectivity index (χ0v) is 20.0. The molecule has 4 nitrogen and oxygen atoms in total. The van der Waals surface area contributed by atoms with Gasteiger partial charge in [0.1, 0.15) is 11.5 Å². The minimum absolute atomic E-state index is 0.227. The average molecular weight is 423 g/mol. The third-order valence-corrected chi connectivity index (χ3v) is 6.10. The van der Waals surface area contributed by atoms with Crippen LogP contribution < -0.4 is 9.47 Å². The highest BCUT2D eigenvalue weighted by Crippen LogP contribution is 2.44. The molecule has 0 N–H and O–H groups in total. The quantitative estimate of drug-likeness (QED) is 0.308. The number of rotatable bonds is 6. The summed E-state index contributed by atoms with van der Waals surface area (Å²) in [4.78, 5) is 23.9. The highest BCUT2D eigenvalue weighted by Gasteiger charge is 2.39. The Hall–Kier alpha value is -2.88. The van der Waals surface area contributed by atoms with Gasteiger partial charge < -0.3 is 9.47 Å². The van der Waals surface area contributed by atoms with Crippen molar-refractivity contribution in [3.8, 4) is 11.5 Å². The van der Waals surface area contributed by atoms with Crippen LogP contribution in [0.1, 0.15) is 66.5 Å². The zero-order chi connectivity index (χ0) is 23.6. The molecule has 0 spiro atoms. The molecule has 0 radical (unpaired) electrons. The second-order valence-electron chi connectivity index (χ2n) is 10.1. The predicted octanol–water partition coefficient (Wildman–Crippen LogP) is 6.38. The number of carbonyl (C=O) groups is 2. The number of benzene rings is 2. The van der Waals surface area contributed by atoms with Crippen LogP contribution in [0.3, 0.4) is 0 Å². The van der Waals surface area contributed by atoms with Crippen molar-refractivity contribution in [2.75, 3.05) is 0 Å². The molecule has 0 aliphatic rings. The summed E-state index contributed by atoms with van der Waals surface area (Å²) in [6.45, 7) is 19.5. The third-order valence-electron chi connectivity index (χ3n) is 6.10. The molecule has 2 aromatic rings. The van der Waals surface area contributed by atoms with E-state index in [-0.39, 0.29) is 16.8 Å². The lowest BCUT2D eigenvalue weighted by atomic mass is 9.61. The summed E-state index contributed by atoms with van der Waals surface area (Å²) in [5, 5.41) is 0. The molecule has 0 bridgehead atoms. The van der Waals surface area contributed by atoms with Crippen LogP contribution in [0.4, 0.5) is 0 Å². The van der Waals surface area contributed by atoms with Gasteiger partial charge in [-0.3, -0.25) is 4.79 Å². The van der Waals surface area contributed by atoms with Crippen molar-refractivity contribution in [2.45, 2.75) is 66.2 Å². The van der Waals surface area contributed by atoms with Gasteiger partial charge in [-0.1, -0.05) is 58.5 Å². The zero-order valence-electron chi connectivity index (χ0n) is 20.0. The van der Waals surface area contributed by atoms with Crippen LogP contribution in [-0.4, -0.2) is 11.9 Å². The standard InChI is InChI=1S/C27H34O4/c1-18(2)23(28)30-21-14-10-19(11-15-21)26(6,7)27(8,9)20-12-16-22(17-13-20)31-24(29)25(3,4)5/h10-17H,1H2,2-9H3. The van der Waals surface area contributed by atoms with Crippen molar-refractivity contribution in [2.24, 2.45) is 5.41 Å². The van der Waals surface area contributed by atoms with Crippen LogP contribution in [0.2, 0.25) is 0 Å². The lowest BCUT2D eigenvalue weighted by molar-refractivity contribution is -0.143. The number of carbonyl (C=O) groups excluding carboxylic acids is 2. The monoisotopic (exact) mass is 422 g/mol. The Morgan fingerprint density at radius 3 is 1.35 bits per heavy atom. The number of hydrogen-bond donors (Lipinski definition) is 0. The van der Waals surface area contributed by atoms with Gasteiger partial charge in [0.25, 0.3) is 0 Å². The topological polar surface area (TPSA) is 52.6 Å². The molecule has 0 unspecified atom stereocenters. The summed E-state index contributed by atoms with van der Waals surface area (Å²) in [5.74, 6) is 0.350. The van der Waals surface area contributed by atoms with Gasteiger partial charge in [-0.05, 0) is 73.9 Å². The van der Waals surface area contributed by atoms with E-state index in [1.807, 2.05) is 69.3 Å². The number of ether oxygens (including phenoxy) is 2. The normalized spacial score (nSPS) is 12.3. The van der Waals surface area contributed by atoms with E-state index in [0.717, 1.165) is 11.1 Å². The lowest BCUT2D eigenvalue weighted by Gasteiger charge is -2.43. The predicted molar refractivity (Wildman–Crippen MR) is 124 cm³/mol. The summed E-state index contributed by atoms with van der Waals surface area (Å²) >= 11 is 0. The number of hydrogen-bond acceptors (Lipinski definition) is 4. The molecule has 0 saturated heterocycles. The molecule has 0 heterocycles. The molecule has 0 aliphatic heterocycles. The van der Waals surface area contributed by atoms with Crippen LogP contribution >= 0.6 is 0 Å². The maximum absolute atomic E-state index is 12.1. The van der Waals surface area contributed by atoms with E-state index in [4.69, 9.17) is 9.47 Å². The molecule has 2 aromatic carbocycles. The lowest BCUT2D eigenvalue weighted by Crippen LogP contribution is -2.40. The Morgan fingerprint density at radius 2 is 1.03 bits per heavy atom. The molecule has 0 saturated carbocycles. The Bertz CT molecular complexity index is 956. The second kappa shape index (κ2) is 8.70. The smallest absolute Gasteiger partial charge is 0.338 e. The molecule has 0 fully saturated rings. The molecule has 2 rings (SSSR count). The maximum Gasteiger partial charge on any atom is 0.338 e. The minimum Gasteiger partial charge on any atom is -0.426 e. The van der Waals surface area contributed by atoms with Gasteiger partial charge in [-0.2, -0.15) is 0 Å². The Labute approximate surface area is 186 Å². The average Bonchev–Trinajstić information content (AvgIpc) is 2.67. The number of esters is 2. The summed E-state index contributed by atoms with van der Waals surface area (Å²) in [6, 6.07) is 15.3. The van der Waals surface area contributed by atoms with Crippen molar-refractivity contribution in [1.82, 2.24) is 0 Å². The van der Waals surface area contributed by atoms with Crippen LogP contribution in [-0.2, 0) is 20.4 Å². The molecule has 0 aliphatic carbocycles. The van der Waals surface area contributed by atoms with E-state index in [1.54, 1.807) is 6.92 Å². The van der Waals surface area contributed by atoms with Gasteiger partial charge >= 0.3 is 11.9 Å². The first-order chi connectivity index (χ1) is 14.2. The SMILES string of the molecule is C=C(C)C(=O)Oc1ccc(C(C)(C)C(C)(C)c2ccc(OC(=O)C(C)(C)C)cc2)cc1. The third kappa shape index (κ3) is 5.43. The molecule has 166 valence electrons. The van der Waals surface area contributed by atoms with Crippen molar-refractivity contribution >= 4 is 11.9 Å². The van der Waals surface area contributed by atoms with Gasteiger partial charge in [0.2, 0.25) is 0 Å². The first-order valence-corrected chi connectivity index (χ1v) is 10.5. The van der Waals surface area contributed by atoms with Gasteiger partial charge in [0, 0.05) is 5.57 Å². The highest BCUT2D eigenvalue weighted by molar-refractivity contribution is 5.88.